The van der Waals surface area contributed by atoms with Crippen molar-refractivity contribution in [1.82, 2.24) is 0 Å². The number of carbonyl (C=O) groups excluding carboxylic acids is 1. The molecular formula is C20H17BrN2O. The number of anilines is 2. The number of nitrogens with one attached hydrogen (secondary N) is 2. The SMILES string of the molecule is O=C(CNc1ccc(-c2ccccc2)cc1)Nc1ccccc1Br. The molecule has 24 heavy (non-hydrogen) atoms. The number of hydrogen-bond acceptors (Lipinski definition) is 2. The topological polar surface area (TPSA) is 41.1 Å². The van der Waals surface area contributed by atoms with Crippen LogP contribution >= 0.6 is 15.9 Å². The second kappa shape index (κ2) is 7.79. The summed E-state index contributed by atoms with van der Waals surface area (Å²) in [5, 5.41) is 6.00. The summed E-state index contributed by atoms with van der Waals surface area (Å²) in [7, 11) is 0. The predicted octanol–water partition coefficient (Wildman–Crippen LogP) is 5.17. The first-order valence-corrected chi connectivity index (χ1v) is 8.45. The third-order valence-electron chi connectivity index (χ3n) is 3.59. The van der Waals surface area contributed by atoms with Crippen molar-refractivity contribution in [1.29, 1.82) is 0 Å². The average molecular weight is 381 g/mol. The highest BCUT2D eigenvalue weighted by Gasteiger charge is 2.05. The normalized spacial score (nSPS) is 10.2. The third kappa shape index (κ3) is 4.24. The Kier molecular flexibility index (Phi) is 5.29. The van der Waals surface area contributed by atoms with Gasteiger partial charge in [-0.15, -0.1) is 0 Å². The van der Waals surface area contributed by atoms with Crippen molar-refractivity contribution in [2.45, 2.75) is 0 Å². The number of benzene rings is 3. The number of rotatable bonds is 5. The molecule has 0 spiro atoms. The summed E-state index contributed by atoms with van der Waals surface area (Å²) >= 11 is 3.42. The van der Waals surface area contributed by atoms with Gasteiger partial charge in [-0.1, -0.05) is 54.6 Å². The molecule has 0 saturated heterocycles. The molecule has 0 aliphatic heterocycles. The summed E-state index contributed by atoms with van der Waals surface area (Å²) < 4.78 is 0.866. The van der Waals surface area contributed by atoms with E-state index in [4.69, 9.17) is 0 Å². The van der Waals surface area contributed by atoms with Gasteiger partial charge in [0, 0.05) is 10.2 Å². The number of carbonyl (C=O) groups is 1. The van der Waals surface area contributed by atoms with E-state index in [0.29, 0.717) is 0 Å². The first-order chi connectivity index (χ1) is 11.7. The minimum Gasteiger partial charge on any atom is -0.376 e. The Morgan fingerprint density at radius 1 is 0.792 bits per heavy atom. The molecule has 1 amide bonds. The van der Waals surface area contributed by atoms with Crippen LogP contribution in [-0.2, 0) is 4.79 Å². The van der Waals surface area contributed by atoms with Crippen LogP contribution in [-0.4, -0.2) is 12.5 Å². The maximum atomic E-state index is 12.0. The maximum absolute atomic E-state index is 12.0. The lowest BCUT2D eigenvalue weighted by molar-refractivity contribution is -0.114. The van der Waals surface area contributed by atoms with Crippen LogP contribution in [0.15, 0.2) is 83.3 Å². The molecule has 0 unspecified atom stereocenters. The molecule has 3 aromatic rings. The van der Waals surface area contributed by atoms with Crippen molar-refractivity contribution >= 4 is 33.2 Å². The second-order valence-electron chi connectivity index (χ2n) is 5.32. The highest BCUT2D eigenvalue weighted by molar-refractivity contribution is 9.10. The van der Waals surface area contributed by atoms with Crippen LogP contribution in [0, 0.1) is 0 Å². The zero-order valence-electron chi connectivity index (χ0n) is 13.0. The molecule has 0 atom stereocenters. The monoisotopic (exact) mass is 380 g/mol. The van der Waals surface area contributed by atoms with Gasteiger partial charge in [0.1, 0.15) is 0 Å². The molecule has 0 radical (unpaired) electrons. The summed E-state index contributed by atoms with van der Waals surface area (Å²) in [6.07, 6.45) is 0. The molecule has 2 N–H and O–H groups in total. The van der Waals surface area contributed by atoms with Gasteiger partial charge >= 0.3 is 0 Å². The van der Waals surface area contributed by atoms with Crippen molar-refractivity contribution in [3.8, 4) is 11.1 Å². The highest BCUT2D eigenvalue weighted by Crippen LogP contribution is 2.22. The molecule has 3 nitrogen and oxygen atoms in total. The van der Waals surface area contributed by atoms with Crippen molar-refractivity contribution < 1.29 is 4.79 Å². The van der Waals surface area contributed by atoms with Crippen molar-refractivity contribution in [2.75, 3.05) is 17.2 Å². The quantitative estimate of drug-likeness (QED) is 0.641. The number of hydrogen-bond donors (Lipinski definition) is 2. The average Bonchev–Trinajstić information content (AvgIpc) is 2.63. The molecule has 0 heterocycles. The van der Waals surface area contributed by atoms with E-state index in [1.54, 1.807) is 0 Å². The molecular weight excluding hydrogens is 364 g/mol. The molecule has 120 valence electrons. The third-order valence-corrected chi connectivity index (χ3v) is 4.28. The van der Waals surface area contributed by atoms with Gasteiger partial charge in [0.15, 0.2) is 0 Å². The predicted molar refractivity (Wildman–Crippen MR) is 103 cm³/mol. The highest BCUT2D eigenvalue weighted by atomic mass is 79.9. The van der Waals surface area contributed by atoms with Gasteiger partial charge in [0.25, 0.3) is 0 Å². The Morgan fingerprint density at radius 2 is 1.42 bits per heavy atom. The standard InChI is InChI=1S/C20H17BrN2O/c21-18-8-4-5-9-19(18)23-20(24)14-22-17-12-10-16(11-13-17)15-6-2-1-3-7-15/h1-13,22H,14H2,(H,23,24). The van der Waals surface area contributed by atoms with Crippen molar-refractivity contribution in [2.24, 2.45) is 0 Å². The Hall–Kier alpha value is -2.59. The zero-order chi connectivity index (χ0) is 16.8. The van der Waals surface area contributed by atoms with E-state index in [-0.39, 0.29) is 12.5 Å². The van der Waals surface area contributed by atoms with Crippen LogP contribution in [0.2, 0.25) is 0 Å². The molecule has 0 aromatic heterocycles. The lowest BCUT2D eigenvalue weighted by atomic mass is 10.1. The number of para-hydroxylation sites is 1. The largest absolute Gasteiger partial charge is 0.376 e. The summed E-state index contributed by atoms with van der Waals surface area (Å²) in [5.74, 6) is -0.0889. The lowest BCUT2D eigenvalue weighted by Crippen LogP contribution is -2.21. The number of halogens is 1. The summed E-state index contributed by atoms with van der Waals surface area (Å²) in [4.78, 5) is 12.0. The first-order valence-electron chi connectivity index (χ1n) is 7.66. The Labute approximate surface area is 149 Å². The fourth-order valence-corrected chi connectivity index (χ4v) is 2.73. The fourth-order valence-electron chi connectivity index (χ4n) is 2.35. The molecule has 3 aromatic carbocycles. The van der Waals surface area contributed by atoms with Crippen LogP contribution in [0.1, 0.15) is 0 Å². The van der Waals surface area contributed by atoms with E-state index in [0.717, 1.165) is 21.4 Å². The fraction of sp³-hybridized carbons (Fsp3) is 0.0500. The molecule has 3 rings (SSSR count). The molecule has 0 aliphatic carbocycles. The molecule has 0 saturated carbocycles. The summed E-state index contributed by atoms with van der Waals surface area (Å²) in [5.41, 5.74) is 4.01. The zero-order valence-corrected chi connectivity index (χ0v) is 14.6. The van der Waals surface area contributed by atoms with E-state index in [9.17, 15) is 4.79 Å². The van der Waals surface area contributed by atoms with Crippen molar-refractivity contribution in [3.05, 3.63) is 83.3 Å². The molecule has 0 aliphatic rings. The molecule has 0 bridgehead atoms. The second-order valence-corrected chi connectivity index (χ2v) is 6.18. The Morgan fingerprint density at radius 3 is 2.12 bits per heavy atom. The molecule has 0 fully saturated rings. The van der Waals surface area contributed by atoms with Crippen LogP contribution in [0.3, 0.4) is 0 Å². The van der Waals surface area contributed by atoms with Crippen LogP contribution in [0.5, 0.6) is 0 Å². The van der Waals surface area contributed by atoms with Gasteiger partial charge < -0.3 is 10.6 Å². The van der Waals surface area contributed by atoms with Crippen LogP contribution in [0.25, 0.3) is 11.1 Å². The Balaban J connectivity index is 1.57. The van der Waals surface area contributed by atoms with Gasteiger partial charge in [-0.05, 0) is 51.3 Å². The van der Waals surface area contributed by atoms with Gasteiger partial charge in [-0.3, -0.25) is 4.79 Å². The van der Waals surface area contributed by atoms with Gasteiger partial charge in [-0.25, -0.2) is 0 Å². The summed E-state index contributed by atoms with van der Waals surface area (Å²) in [6.45, 7) is 0.214. The Bertz CT molecular complexity index is 817. The minimum absolute atomic E-state index is 0.0889. The lowest BCUT2D eigenvalue weighted by Gasteiger charge is -2.10. The minimum atomic E-state index is -0.0889. The summed E-state index contributed by atoms with van der Waals surface area (Å²) in [6, 6.07) is 25.8. The van der Waals surface area contributed by atoms with E-state index in [1.807, 2.05) is 66.7 Å². The smallest absolute Gasteiger partial charge is 0.243 e. The van der Waals surface area contributed by atoms with Gasteiger partial charge in [0.2, 0.25) is 5.91 Å². The van der Waals surface area contributed by atoms with E-state index in [1.165, 1.54) is 5.56 Å². The van der Waals surface area contributed by atoms with E-state index >= 15 is 0 Å². The van der Waals surface area contributed by atoms with Crippen LogP contribution in [0.4, 0.5) is 11.4 Å². The van der Waals surface area contributed by atoms with Crippen molar-refractivity contribution in [3.63, 3.8) is 0 Å². The number of amides is 1. The van der Waals surface area contributed by atoms with E-state index < -0.39 is 0 Å². The van der Waals surface area contributed by atoms with Crippen LogP contribution < -0.4 is 10.6 Å². The van der Waals surface area contributed by atoms with Gasteiger partial charge in [-0.2, -0.15) is 0 Å². The van der Waals surface area contributed by atoms with Gasteiger partial charge in [0.05, 0.1) is 12.2 Å². The molecule has 4 heteroatoms. The maximum Gasteiger partial charge on any atom is 0.243 e. The van der Waals surface area contributed by atoms with E-state index in [2.05, 4.69) is 38.7 Å². The first kappa shape index (κ1) is 16.3.